The molecule has 0 spiro atoms. The monoisotopic (exact) mass is 315 g/mol. The fourth-order valence-electron chi connectivity index (χ4n) is 2.29. The van der Waals surface area contributed by atoms with E-state index in [-0.39, 0.29) is 11.8 Å². The fraction of sp³-hybridized carbons (Fsp3) is 0.333. The molecule has 1 aliphatic carbocycles. The number of ether oxygens (including phenoxy) is 2. The molecular weight excluding hydrogens is 294 g/mol. The summed E-state index contributed by atoms with van der Waals surface area (Å²) in [4.78, 5) is 23.3. The van der Waals surface area contributed by atoms with Gasteiger partial charge in [-0.1, -0.05) is 12.2 Å². The number of aldehydes is 1. The molecular formula is C18H21NO4. The maximum atomic E-state index is 12.4. The number of amides is 1. The summed E-state index contributed by atoms with van der Waals surface area (Å²) in [5.74, 6) is 0.168. The van der Waals surface area contributed by atoms with Gasteiger partial charge in [-0.2, -0.15) is 0 Å². The third-order valence-corrected chi connectivity index (χ3v) is 3.41. The largest absolute Gasteiger partial charge is 0.494 e. The van der Waals surface area contributed by atoms with Crippen LogP contribution in [0.2, 0.25) is 0 Å². The Morgan fingerprint density at radius 2 is 1.83 bits per heavy atom. The summed E-state index contributed by atoms with van der Waals surface area (Å²) in [6.45, 7) is 4.75. The zero-order valence-corrected chi connectivity index (χ0v) is 13.3. The van der Waals surface area contributed by atoms with Gasteiger partial charge < -0.3 is 19.6 Å². The minimum Gasteiger partial charge on any atom is -0.494 e. The normalized spacial score (nSPS) is 22.6. The number of carbonyl (C=O) groups is 2. The highest BCUT2D eigenvalue weighted by Crippen LogP contribution is 2.21. The molecule has 2 rings (SSSR count). The predicted molar refractivity (Wildman–Crippen MR) is 87.3 cm³/mol. The Morgan fingerprint density at radius 3 is 2.35 bits per heavy atom. The lowest BCUT2D eigenvalue weighted by Gasteiger charge is -2.31. The lowest BCUT2D eigenvalue weighted by Crippen LogP contribution is -2.48. The minimum absolute atomic E-state index is 0.264. The van der Waals surface area contributed by atoms with Crippen molar-refractivity contribution in [3.8, 4) is 5.75 Å². The maximum absolute atomic E-state index is 12.4. The maximum Gasteiger partial charge on any atom is 0.253 e. The first-order chi connectivity index (χ1) is 11.1. The second-order valence-electron chi connectivity index (χ2n) is 5.07. The van der Waals surface area contributed by atoms with Crippen molar-refractivity contribution in [2.24, 2.45) is 5.92 Å². The van der Waals surface area contributed by atoms with Crippen molar-refractivity contribution in [1.29, 1.82) is 0 Å². The van der Waals surface area contributed by atoms with Crippen LogP contribution in [0.15, 0.2) is 48.6 Å². The first-order valence-corrected chi connectivity index (χ1v) is 7.66. The molecule has 0 aliphatic heterocycles. The molecule has 1 amide bonds. The summed E-state index contributed by atoms with van der Waals surface area (Å²) < 4.78 is 11.0. The first kappa shape index (κ1) is 17.0. The molecule has 1 aromatic carbocycles. The molecule has 0 radical (unpaired) electrons. The van der Waals surface area contributed by atoms with Crippen LogP contribution in [0.1, 0.15) is 24.2 Å². The number of allylic oxidation sites excluding steroid dienone is 2. The summed E-state index contributed by atoms with van der Waals surface area (Å²) in [7, 11) is 0. The van der Waals surface area contributed by atoms with E-state index in [1.807, 2.05) is 13.8 Å². The van der Waals surface area contributed by atoms with Crippen LogP contribution in [-0.4, -0.2) is 31.1 Å². The van der Waals surface area contributed by atoms with Crippen molar-refractivity contribution in [2.75, 3.05) is 13.2 Å². The number of hydrogen-bond acceptors (Lipinski definition) is 4. The van der Waals surface area contributed by atoms with E-state index in [9.17, 15) is 9.59 Å². The molecule has 5 heteroatoms. The van der Waals surface area contributed by atoms with Gasteiger partial charge in [0, 0.05) is 12.2 Å². The molecule has 0 saturated heterocycles. The third-order valence-electron chi connectivity index (χ3n) is 3.41. The number of rotatable bonds is 7. The highest BCUT2D eigenvalue weighted by molar-refractivity contribution is 5.95. The van der Waals surface area contributed by atoms with E-state index in [0.717, 1.165) is 12.0 Å². The minimum atomic E-state index is -1.02. The lowest BCUT2D eigenvalue weighted by atomic mass is 9.99. The molecule has 0 fully saturated rings. The van der Waals surface area contributed by atoms with Crippen LogP contribution in [0, 0.1) is 5.92 Å². The van der Waals surface area contributed by atoms with Gasteiger partial charge in [-0.05, 0) is 50.3 Å². The van der Waals surface area contributed by atoms with Gasteiger partial charge in [0.15, 0.2) is 5.72 Å². The van der Waals surface area contributed by atoms with Gasteiger partial charge in [0.2, 0.25) is 0 Å². The molecule has 1 N–H and O–H groups in total. The van der Waals surface area contributed by atoms with Crippen molar-refractivity contribution in [1.82, 2.24) is 5.32 Å². The van der Waals surface area contributed by atoms with E-state index in [0.29, 0.717) is 18.8 Å². The summed E-state index contributed by atoms with van der Waals surface area (Å²) in [6, 6.07) is 6.90. The van der Waals surface area contributed by atoms with Gasteiger partial charge in [0.05, 0.1) is 12.5 Å². The zero-order chi connectivity index (χ0) is 16.7. The summed E-state index contributed by atoms with van der Waals surface area (Å²) >= 11 is 0. The van der Waals surface area contributed by atoms with Crippen LogP contribution in [-0.2, 0) is 9.53 Å². The van der Waals surface area contributed by atoms with Crippen molar-refractivity contribution >= 4 is 12.2 Å². The van der Waals surface area contributed by atoms with Gasteiger partial charge in [-0.15, -0.1) is 0 Å². The Hall–Kier alpha value is -2.40. The second kappa shape index (κ2) is 7.74. The third kappa shape index (κ3) is 4.29. The standard InChI is InChI=1S/C18H21NO4/c1-3-22-16-7-5-15(6-8-16)17(21)19-18(23-4-2)11-9-14(13-20)10-12-18/h5-14H,3-4H2,1-2H3,(H,19,21). The summed E-state index contributed by atoms with van der Waals surface area (Å²) in [6.07, 6.45) is 7.64. The van der Waals surface area contributed by atoms with Crippen molar-refractivity contribution in [3.63, 3.8) is 0 Å². The molecule has 0 atom stereocenters. The van der Waals surface area contributed by atoms with Crippen LogP contribution in [0.3, 0.4) is 0 Å². The number of nitrogens with one attached hydrogen (secondary N) is 1. The van der Waals surface area contributed by atoms with Crippen LogP contribution in [0.5, 0.6) is 5.75 Å². The molecule has 0 aromatic heterocycles. The van der Waals surface area contributed by atoms with Crippen LogP contribution >= 0.6 is 0 Å². The van der Waals surface area contributed by atoms with E-state index in [4.69, 9.17) is 9.47 Å². The average Bonchev–Trinajstić information content (AvgIpc) is 2.57. The molecule has 23 heavy (non-hydrogen) atoms. The molecule has 5 nitrogen and oxygen atoms in total. The highest BCUT2D eigenvalue weighted by Gasteiger charge is 2.29. The van der Waals surface area contributed by atoms with Crippen molar-refractivity contribution < 1.29 is 19.1 Å². The molecule has 122 valence electrons. The van der Waals surface area contributed by atoms with E-state index < -0.39 is 5.72 Å². The van der Waals surface area contributed by atoms with Gasteiger partial charge >= 0.3 is 0 Å². The second-order valence-corrected chi connectivity index (χ2v) is 5.07. The van der Waals surface area contributed by atoms with Crippen LogP contribution in [0.4, 0.5) is 0 Å². The van der Waals surface area contributed by atoms with E-state index >= 15 is 0 Å². The van der Waals surface area contributed by atoms with E-state index in [2.05, 4.69) is 5.32 Å². The van der Waals surface area contributed by atoms with Gasteiger partial charge in [0.25, 0.3) is 5.91 Å². The van der Waals surface area contributed by atoms with Gasteiger partial charge in [0.1, 0.15) is 12.0 Å². The molecule has 0 bridgehead atoms. The Morgan fingerprint density at radius 1 is 1.17 bits per heavy atom. The molecule has 1 aliphatic rings. The fourth-order valence-corrected chi connectivity index (χ4v) is 2.29. The quantitative estimate of drug-likeness (QED) is 0.477. The van der Waals surface area contributed by atoms with Gasteiger partial charge in [-0.25, -0.2) is 0 Å². The summed E-state index contributed by atoms with van der Waals surface area (Å²) in [5, 5.41) is 2.85. The SMILES string of the molecule is CCOc1ccc(C(=O)NC2(OCC)C=CC(C=O)C=C2)cc1. The number of carbonyl (C=O) groups excluding carboxylic acids is 2. The number of hydrogen-bond donors (Lipinski definition) is 1. The molecule has 0 unspecified atom stereocenters. The number of benzene rings is 1. The molecule has 1 aromatic rings. The van der Waals surface area contributed by atoms with E-state index in [1.54, 1.807) is 48.6 Å². The highest BCUT2D eigenvalue weighted by atomic mass is 16.5. The van der Waals surface area contributed by atoms with Gasteiger partial charge in [-0.3, -0.25) is 4.79 Å². The van der Waals surface area contributed by atoms with E-state index in [1.165, 1.54) is 0 Å². The smallest absolute Gasteiger partial charge is 0.253 e. The molecule has 0 heterocycles. The van der Waals surface area contributed by atoms with Crippen molar-refractivity contribution in [2.45, 2.75) is 19.6 Å². The Labute approximate surface area is 136 Å². The first-order valence-electron chi connectivity index (χ1n) is 7.66. The topological polar surface area (TPSA) is 64.6 Å². The Bertz CT molecular complexity index is 590. The molecule has 0 saturated carbocycles. The van der Waals surface area contributed by atoms with Crippen LogP contribution < -0.4 is 10.1 Å². The summed E-state index contributed by atoms with van der Waals surface area (Å²) in [5.41, 5.74) is -0.518. The predicted octanol–water partition coefficient (Wildman–Crippen LogP) is 2.49. The van der Waals surface area contributed by atoms with Crippen LogP contribution in [0.25, 0.3) is 0 Å². The zero-order valence-electron chi connectivity index (χ0n) is 13.3. The lowest BCUT2D eigenvalue weighted by molar-refractivity contribution is -0.109. The van der Waals surface area contributed by atoms with Crippen molar-refractivity contribution in [3.05, 3.63) is 54.1 Å². The Balaban J connectivity index is 2.12. The Kier molecular flexibility index (Phi) is 5.71. The average molecular weight is 315 g/mol.